The second-order valence-electron chi connectivity index (χ2n) is 3.38. The highest BCUT2D eigenvalue weighted by atomic mass is 16.6. The van der Waals surface area contributed by atoms with Crippen LogP contribution in [0, 0.1) is 5.92 Å². The minimum absolute atomic E-state index is 0.195. The van der Waals surface area contributed by atoms with E-state index in [0.717, 1.165) is 0 Å². The van der Waals surface area contributed by atoms with Gasteiger partial charge in [0, 0.05) is 0 Å². The van der Waals surface area contributed by atoms with Crippen molar-refractivity contribution in [3.05, 3.63) is 0 Å². The molecular formula is C9H18O4. The standard InChI is InChI=1S/C9H18O4/c1-5-13-8(11)9(12,6(2)3)7(4)10/h6-7,10,12H,5H2,1-4H3/t7-,9+/m0/s1. The molecule has 78 valence electrons. The Hall–Kier alpha value is -0.610. The molecule has 0 amide bonds. The largest absolute Gasteiger partial charge is 0.464 e. The Bertz CT molecular complexity index is 166. The van der Waals surface area contributed by atoms with Gasteiger partial charge in [0.05, 0.1) is 12.7 Å². The molecule has 0 aliphatic rings. The lowest BCUT2D eigenvalue weighted by Gasteiger charge is -2.31. The number of esters is 1. The van der Waals surface area contributed by atoms with Crippen molar-refractivity contribution in [2.45, 2.75) is 39.4 Å². The fraction of sp³-hybridized carbons (Fsp3) is 0.889. The molecule has 0 aromatic heterocycles. The van der Waals surface area contributed by atoms with Crippen LogP contribution in [0.3, 0.4) is 0 Å². The van der Waals surface area contributed by atoms with E-state index in [4.69, 9.17) is 0 Å². The highest BCUT2D eigenvalue weighted by Gasteiger charge is 2.45. The molecule has 0 fully saturated rings. The highest BCUT2D eigenvalue weighted by molar-refractivity contribution is 5.80. The van der Waals surface area contributed by atoms with Gasteiger partial charge in [-0.15, -0.1) is 0 Å². The summed E-state index contributed by atoms with van der Waals surface area (Å²) in [6.07, 6.45) is -1.13. The van der Waals surface area contributed by atoms with Crippen molar-refractivity contribution in [2.24, 2.45) is 5.92 Å². The van der Waals surface area contributed by atoms with Gasteiger partial charge in [-0.3, -0.25) is 0 Å². The predicted octanol–water partition coefficient (Wildman–Crippen LogP) is 0.317. The Morgan fingerprint density at radius 3 is 2.15 bits per heavy atom. The molecule has 0 aliphatic heterocycles. The monoisotopic (exact) mass is 190 g/mol. The van der Waals surface area contributed by atoms with Gasteiger partial charge >= 0.3 is 5.97 Å². The summed E-state index contributed by atoms with van der Waals surface area (Å²) in [6.45, 7) is 6.53. The maximum atomic E-state index is 11.3. The van der Waals surface area contributed by atoms with E-state index in [2.05, 4.69) is 4.74 Å². The zero-order valence-corrected chi connectivity index (χ0v) is 8.57. The molecule has 0 aliphatic carbocycles. The molecule has 4 heteroatoms. The van der Waals surface area contributed by atoms with Crippen LogP contribution in [0.2, 0.25) is 0 Å². The van der Waals surface area contributed by atoms with Gasteiger partial charge in [-0.25, -0.2) is 4.79 Å². The van der Waals surface area contributed by atoms with Crippen molar-refractivity contribution >= 4 is 5.97 Å². The van der Waals surface area contributed by atoms with E-state index >= 15 is 0 Å². The Balaban J connectivity index is 4.69. The van der Waals surface area contributed by atoms with Crippen molar-refractivity contribution in [1.29, 1.82) is 0 Å². The van der Waals surface area contributed by atoms with Crippen LogP contribution in [0.15, 0.2) is 0 Å². The molecule has 0 bridgehead atoms. The predicted molar refractivity (Wildman–Crippen MR) is 48.1 cm³/mol. The molecule has 2 N–H and O–H groups in total. The molecule has 0 rings (SSSR count). The van der Waals surface area contributed by atoms with Crippen LogP contribution in [0.25, 0.3) is 0 Å². The van der Waals surface area contributed by atoms with Gasteiger partial charge in [0.15, 0.2) is 5.60 Å². The van der Waals surface area contributed by atoms with Gasteiger partial charge in [-0.1, -0.05) is 13.8 Å². The fourth-order valence-electron chi connectivity index (χ4n) is 1.14. The van der Waals surface area contributed by atoms with E-state index in [0.29, 0.717) is 0 Å². The van der Waals surface area contributed by atoms with Crippen molar-refractivity contribution in [2.75, 3.05) is 6.61 Å². The van der Waals surface area contributed by atoms with Crippen LogP contribution in [0.1, 0.15) is 27.7 Å². The number of ether oxygens (including phenoxy) is 1. The van der Waals surface area contributed by atoms with Crippen LogP contribution in [-0.4, -0.2) is 34.5 Å². The highest BCUT2D eigenvalue weighted by Crippen LogP contribution is 2.23. The summed E-state index contributed by atoms with van der Waals surface area (Å²) in [5.41, 5.74) is -1.80. The molecule has 0 spiro atoms. The summed E-state index contributed by atoms with van der Waals surface area (Å²) in [5, 5.41) is 19.1. The second kappa shape index (κ2) is 4.58. The SMILES string of the molecule is CCOC(=O)[C@@](O)(C(C)C)[C@H](C)O. The molecule has 0 radical (unpaired) electrons. The normalized spacial score (nSPS) is 18.1. The summed E-state index contributed by atoms with van der Waals surface area (Å²) in [5.74, 6) is -1.15. The molecule has 0 aromatic carbocycles. The van der Waals surface area contributed by atoms with Gasteiger partial charge in [0.1, 0.15) is 0 Å². The van der Waals surface area contributed by atoms with Gasteiger partial charge in [-0.2, -0.15) is 0 Å². The van der Waals surface area contributed by atoms with Gasteiger partial charge < -0.3 is 14.9 Å². The Morgan fingerprint density at radius 2 is 1.92 bits per heavy atom. The maximum Gasteiger partial charge on any atom is 0.341 e. The van der Waals surface area contributed by atoms with Crippen LogP contribution in [0.4, 0.5) is 0 Å². The molecular weight excluding hydrogens is 172 g/mol. The number of hydrogen-bond acceptors (Lipinski definition) is 4. The summed E-state index contributed by atoms with van der Waals surface area (Å²) in [7, 11) is 0. The lowest BCUT2D eigenvalue weighted by atomic mass is 9.86. The average Bonchev–Trinajstić information content (AvgIpc) is 2.02. The third kappa shape index (κ3) is 2.42. The first kappa shape index (κ1) is 12.4. The number of carbonyl (C=O) groups excluding carboxylic acids is 1. The molecule has 0 heterocycles. The third-order valence-corrected chi connectivity index (χ3v) is 2.12. The number of rotatable bonds is 4. The Morgan fingerprint density at radius 1 is 1.46 bits per heavy atom. The number of hydrogen-bond donors (Lipinski definition) is 2. The maximum absolute atomic E-state index is 11.3. The molecule has 0 unspecified atom stereocenters. The Kier molecular flexibility index (Phi) is 4.36. The first-order valence-electron chi connectivity index (χ1n) is 4.45. The first-order chi connectivity index (χ1) is 5.87. The van der Waals surface area contributed by atoms with Gasteiger partial charge in [0.25, 0.3) is 0 Å². The van der Waals surface area contributed by atoms with Crippen molar-refractivity contribution in [3.8, 4) is 0 Å². The number of aliphatic hydroxyl groups is 2. The molecule has 4 nitrogen and oxygen atoms in total. The molecule has 2 atom stereocenters. The van der Waals surface area contributed by atoms with Gasteiger partial charge in [0.2, 0.25) is 0 Å². The molecule has 0 saturated heterocycles. The van der Waals surface area contributed by atoms with Crippen LogP contribution >= 0.6 is 0 Å². The topological polar surface area (TPSA) is 66.8 Å². The Labute approximate surface area is 78.5 Å². The lowest BCUT2D eigenvalue weighted by molar-refractivity contribution is -0.184. The van der Waals surface area contributed by atoms with Gasteiger partial charge in [-0.05, 0) is 19.8 Å². The second-order valence-corrected chi connectivity index (χ2v) is 3.38. The molecule has 0 saturated carbocycles. The van der Waals surface area contributed by atoms with E-state index in [-0.39, 0.29) is 12.5 Å². The molecule has 13 heavy (non-hydrogen) atoms. The van der Waals surface area contributed by atoms with E-state index < -0.39 is 17.7 Å². The number of carbonyl (C=O) groups is 1. The lowest BCUT2D eigenvalue weighted by Crippen LogP contribution is -2.53. The minimum Gasteiger partial charge on any atom is -0.464 e. The zero-order valence-electron chi connectivity index (χ0n) is 8.57. The van der Waals surface area contributed by atoms with Crippen LogP contribution < -0.4 is 0 Å². The van der Waals surface area contributed by atoms with E-state index in [9.17, 15) is 15.0 Å². The summed E-state index contributed by atoms with van der Waals surface area (Å²) in [4.78, 5) is 11.3. The quantitative estimate of drug-likeness (QED) is 0.626. The first-order valence-corrected chi connectivity index (χ1v) is 4.45. The third-order valence-electron chi connectivity index (χ3n) is 2.12. The fourth-order valence-corrected chi connectivity index (χ4v) is 1.14. The van der Waals surface area contributed by atoms with E-state index in [1.165, 1.54) is 6.92 Å². The summed E-state index contributed by atoms with van der Waals surface area (Å²) >= 11 is 0. The van der Waals surface area contributed by atoms with E-state index in [1.54, 1.807) is 20.8 Å². The van der Waals surface area contributed by atoms with Crippen LogP contribution in [0.5, 0.6) is 0 Å². The van der Waals surface area contributed by atoms with Crippen molar-refractivity contribution < 1.29 is 19.7 Å². The van der Waals surface area contributed by atoms with E-state index in [1.807, 2.05) is 0 Å². The molecule has 0 aromatic rings. The summed E-state index contributed by atoms with van der Waals surface area (Å²) < 4.78 is 4.68. The smallest absolute Gasteiger partial charge is 0.341 e. The average molecular weight is 190 g/mol. The zero-order chi connectivity index (χ0) is 10.6. The summed E-state index contributed by atoms with van der Waals surface area (Å²) in [6, 6.07) is 0. The van der Waals surface area contributed by atoms with Crippen molar-refractivity contribution in [3.63, 3.8) is 0 Å². The van der Waals surface area contributed by atoms with Crippen molar-refractivity contribution in [1.82, 2.24) is 0 Å². The van der Waals surface area contributed by atoms with Crippen LogP contribution in [-0.2, 0) is 9.53 Å². The number of aliphatic hydroxyl groups excluding tert-OH is 1. The minimum atomic E-state index is -1.80.